The molecule has 0 aliphatic heterocycles. The number of fused-ring (bicyclic) bond motifs is 1. The number of para-hydroxylation sites is 1. The molecule has 2 aromatic rings. The van der Waals surface area contributed by atoms with Crippen LogP contribution in [0.1, 0.15) is 12.5 Å². The van der Waals surface area contributed by atoms with Gasteiger partial charge in [0.25, 0.3) is 0 Å². The van der Waals surface area contributed by atoms with Gasteiger partial charge in [-0.15, -0.1) is 24.0 Å². The Hall–Kier alpha value is -1.46. The monoisotopic (exact) mass is 506 g/mol. The number of rotatable bonds is 9. The quantitative estimate of drug-likeness (QED) is 0.234. The predicted molar refractivity (Wildman–Crippen MR) is 121 cm³/mol. The Kier molecular flexibility index (Phi) is 10.6. The summed E-state index contributed by atoms with van der Waals surface area (Å²) in [7, 11) is -2.98. The first-order valence-corrected chi connectivity index (χ1v) is 10.7. The molecule has 1 aromatic carbocycles. The molecule has 0 radical (unpaired) electrons. The Morgan fingerprint density at radius 1 is 1.19 bits per heavy atom. The molecular formula is C18H27IN4O3S. The third-order valence-corrected chi connectivity index (χ3v) is 4.54. The van der Waals surface area contributed by atoms with Crippen molar-refractivity contribution in [3.8, 4) is 0 Å². The van der Waals surface area contributed by atoms with Gasteiger partial charge in [-0.25, -0.2) is 13.4 Å². The van der Waals surface area contributed by atoms with Crippen molar-refractivity contribution in [2.45, 2.75) is 13.5 Å². The van der Waals surface area contributed by atoms with Crippen molar-refractivity contribution in [1.82, 2.24) is 15.6 Å². The average Bonchev–Trinajstić information content (AvgIpc) is 2.61. The molecule has 0 fully saturated rings. The summed E-state index contributed by atoms with van der Waals surface area (Å²) in [6.45, 7) is 4.45. The van der Waals surface area contributed by atoms with Gasteiger partial charge in [-0.1, -0.05) is 18.2 Å². The normalized spacial score (nSPS) is 11.9. The maximum absolute atomic E-state index is 11.0. The van der Waals surface area contributed by atoms with Crippen LogP contribution in [0.5, 0.6) is 0 Å². The average molecular weight is 506 g/mol. The van der Waals surface area contributed by atoms with Gasteiger partial charge < -0.3 is 15.4 Å². The van der Waals surface area contributed by atoms with Crippen LogP contribution in [-0.2, 0) is 21.1 Å². The third kappa shape index (κ3) is 8.85. The minimum absolute atomic E-state index is 0. The highest BCUT2D eigenvalue weighted by Crippen LogP contribution is 2.16. The molecule has 0 saturated carbocycles. The first-order chi connectivity index (χ1) is 12.5. The first kappa shape index (κ1) is 23.6. The van der Waals surface area contributed by atoms with Crippen LogP contribution < -0.4 is 10.6 Å². The van der Waals surface area contributed by atoms with Gasteiger partial charge in [0.15, 0.2) is 5.96 Å². The highest BCUT2D eigenvalue weighted by atomic mass is 127. The summed E-state index contributed by atoms with van der Waals surface area (Å²) < 4.78 is 27.4. The number of aliphatic imine (C=N–C) groups is 1. The number of nitrogens with one attached hydrogen (secondary N) is 2. The lowest BCUT2D eigenvalue weighted by Gasteiger charge is -2.12. The molecule has 1 heterocycles. The molecule has 7 nitrogen and oxygen atoms in total. The number of sulfone groups is 1. The lowest BCUT2D eigenvalue weighted by Crippen LogP contribution is -2.39. The molecule has 2 N–H and O–H groups in total. The molecule has 0 amide bonds. The predicted octanol–water partition coefficient (Wildman–Crippen LogP) is 1.97. The lowest BCUT2D eigenvalue weighted by atomic mass is 10.1. The van der Waals surface area contributed by atoms with Crippen LogP contribution in [-0.4, -0.2) is 57.7 Å². The van der Waals surface area contributed by atoms with Crippen LogP contribution in [0.2, 0.25) is 0 Å². The number of aromatic nitrogens is 1. The van der Waals surface area contributed by atoms with E-state index in [-0.39, 0.29) is 36.3 Å². The summed E-state index contributed by atoms with van der Waals surface area (Å²) in [5.74, 6) is 0.733. The zero-order chi connectivity index (χ0) is 18.8. The molecule has 0 bridgehead atoms. The van der Waals surface area contributed by atoms with Crippen molar-refractivity contribution in [3.05, 3.63) is 42.1 Å². The second-order valence-electron chi connectivity index (χ2n) is 5.85. The maximum Gasteiger partial charge on any atom is 0.191 e. The van der Waals surface area contributed by atoms with Gasteiger partial charge in [-0.3, -0.25) is 4.98 Å². The molecule has 9 heteroatoms. The fourth-order valence-corrected chi connectivity index (χ4v) is 2.77. The molecule has 0 spiro atoms. The fourth-order valence-electron chi connectivity index (χ4n) is 2.35. The minimum Gasteiger partial charge on any atom is -0.379 e. The van der Waals surface area contributed by atoms with Gasteiger partial charge in [0.2, 0.25) is 0 Å². The number of halogens is 1. The molecule has 0 aliphatic rings. The van der Waals surface area contributed by atoms with Crippen molar-refractivity contribution in [2.24, 2.45) is 4.99 Å². The number of guanidine groups is 1. The zero-order valence-electron chi connectivity index (χ0n) is 15.6. The van der Waals surface area contributed by atoms with E-state index in [0.29, 0.717) is 25.7 Å². The van der Waals surface area contributed by atoms with Gasteiger partial charge in [-0.05, 0) is 24.6 Å². The molecule has 2 rings (SSSR count). The van der Waals surface area contributed by atoms with Crippen LogP contribution in [0.4, 0.5) is 0 Å². The van der Waals surface area contributed by atoms with Crippen LogP contribution in [0.3, 0.4) is 0 Å². The van der Waals surface area contributed by atoms with E-state index >= 15 is 0 Å². The van der Waals surface area contributed by atoms with Crippen LogP contribution in [0, 0.1) is 0 Å². The Morgan fingerprint density at radius 2 is 1.96 bits per heavy atom. The molecule has 27 heavy (non-hydrogen) atoms. The van der Waals surface area contributed by atoms with Crippen molar-refractivity contribution in [2.75, 3.05) is 38.3 Å². The molecule has 150 valence electrons. The highest BCUT2D eigenvalue weighted by molar-refractivity contribution is 14.0. The van der Waals surface area contributed by atoms with Crippen LogP contribution in [0.25, 0.3) is 10.9 Å². The van der Waals surface area contributed by atoms with Gasteiger partial charge in [0.05, 0.1) is 31.0 Å². The summed E-state index contributed by atoms with van der Waals surface area (Å²) in [6, 6.07) is 9.97. The highest BCUT2D eigenvalue weighted by Gasteiger charge is 2.03. The summed E-state index contributed by atoms with van der Waals surface area (Å²) in [6.07, 6.45) is 3.00. The number of nitrogens with zero attached hydrogens (tertiary/aromatic N) is 2. The first-order valence-electron chi connectivity index (χ1n) is 8.60. The maximum atomic E-state index is 11.0. The van der Waals surface area contributed by atoms with E-state index in [1.54, 1.807) is 6.20 Å². The summed E-state index contributed by atoms with van der Waals surface area (Å²) in [4.78, 5) is 8.97. The molecule has 0 aliphatic carbocycles. The fraction of sp³-hybridized carbons (Fsp3) is 0.444. The van der Waals surface area contributed by atoms with E-state index in [1.165, 1.54) is 6.26 Å². The Balaban J connectivity index is 0.00000364. The third-order valence-electron chi connectivity index (χ3n) is 3.63. The van der Waals surface area contributed by atoms with Crippen molar-refractivity contribution < 1.29 is 13.2 Å². The number of benzene rings is 1. The summed E-state index contributed by atoms with van der Waals surface area (Å²) in [5, 5.41) is 7.47. The van der Waals surface area contributed by atoms with E-state index in [0.717, 1.165) is 23.0 Å². The smallest absolute Gasteiger partial charge is 0.191 e. The molecule has 1 aromatic heterocycles. The molecular weight excluding hydrogens is 479 g/mol. The molecule has 0 atom stereocenters. The van der Waals surface area contributed by atoms with E-state index in [1.807, 2.05) is 37.3 Å². The van der Waals surface area contributed by atoms with Crippen LogP contribution >= 0.6 is 24.0 Å². The SMILES string of the molecule is CCNC(=NCc1ccnc2ccccc12)NCCOCCS(C)(=O)=O.I. The van der Waals surface area contributed by atoms with E-state index < -0.39 is 9.84 Å². The standard InChI is InChI=1S/C18H26N4O3S.HI/c1-3-19-18(21-10-11-25-12-13-26(2,23)24)22-14-15-8-9-20-17-7-5-4-6-16(15)17;/h4-9H,3,10-14H2,1-2H3,(H2,19,21,22);1H. The summed E-state index contributed by atoms with van der Waals surface area (Å²) in [5.41, 5.74) is 2.06. The Bertz CT molecular complexity index is 838. The topological polar surface area (TPSA) is 92.7 Å². The van der Waals surface area contributed by atoms with E-state index in [9.17, 15) is 8.42 Å². The van der Waals surface area contributed by atoms with Gasteiger partial charge in [0.1, 0.15) is 9.84 Å². The minimum atomic E-state index is -2.98. The number of ether oxygens (including phenoxy) is 1. The van der Waals surface area contributed by atoms with Crippen molar-refractivity contribution >= 4 is 50.7 Å². The van der Waals surface area contributed by atoms with E-state index in [2.05, 4.69) is 20.6 Å². The largest absolute Gasteiger partial charge is 0.379 e. The van der Waals surface area contributed by atoms with Crippen molar-refractivity contribution in [3.63, 3.8) is 0 Å². The van der Waals surface area contributed by atoms with Gasteiger partial charge >= 0.3 is 0 Å². The number of hydrogen-bond donors (Lipinski definition) is 2. The second-order valence-corrected chi connectivity index (χ2v) is 8.11. The zero-order valence-corrected chi connectivity index (χ0v) is 18.8. The number of hydrogen-bond acceptors (Lipinski definition) is 5. The molecule has 0 saturated heterocycles. The Morgan fingerprint density at radius 3 is 2.70 bits per heavy atom. The molecule has 0 unspecified atom stereocenters. The Labute approximate surface area is 177 Å². The van der Waals surface area contributed by atoms with Gasteiger partial charge in [0, 0.05) is 30.9 Å². The van der Waals surface area contributed by atoms with E-state index in [4.69, 9.17) is 4.74 Å². The second kappa shape index (κ2) is 12.1. The summed E-state index contributed by atoms with van der Waals surface area (Å²) >= 11 is 0. The van der Waals surface area contributed by atoms with Gasteiger partial charge in [-0.2, -0.15) is 0 Å². The van der Waals surface area contributed by atoms with Crippen molar-refractivity contribution in [1.29, 1.82) is 0 Å². The lowest BCUT2D eigenvalue weighted by molar-refractivity contribution is 0.154. The number of pyridine rings is 1. The van der Waals surface area contributed by atoms with Crippen LogP contribution in [0.15, 0.2) is 41.5 Å².